The highest BCUT2D eigenvalue weighted by Gasteiger charge is 2.33. The summed E-state index contributed by atoms with van der Waals surface area (Å²) in [7, 11) is 0. The van der Waals surface area contributed by atoms with Crippen LogP contribution in [0, 0.1) is 5.41 Å². The molecule has 0 radical (unpaired) electrons. The van der Waals surface area contributed by atoms with E-state index in [0.717, 1.165) is 17.5 Å². The normalized spacial score (nSPS) is 13.2. The predicted octanol–water partition coefficient (Wildman–Crippen LogP) is 4.49. The van der Waals surface area contributed by atoms with Crippen molar-refractivity contribution in [3.8, 4) is 0 Å². The molecule has 1 rings (SSSR count). The third-order valence-corrected chi connectivity index (χ3v) is 5.11. The van der Waals surface area contributed by atoms with Gasteiger partial charge in [-0.2, -0.15) is 0 Å². The van der Waals surface area contributed by atoms with Crippen molar-refractivity contribution in [3.05, 3.63) is 34.9 Å². The molecule has 1 aromatic rings. The van der Waals surface area contributed by atoms with Gasteiger partial charge in [-0.3, -0.25) is 9.52 Å². The van der Waals surface area contributed by atoms with E-state index in [1.807, 2.05) is 32.0 Å². The summed E-state index contributed by atoms with van der Waals surface area (Å²) < 4.78 is 7.69. The van der Waals surface area contributed by atoms with E-state index in [0.29, 0.717) is 5.02 Å². The van der Waals surface area contributed by atoms with Gasteiger partial charge in [-0.25, -0.2) is 4.79 Å². The predicted molar refractivity (Wildman–Crippen MR) is 97.4 cm³/mol. The summed E-state index contributed by atoms with van der Waals surface area (Å²) in [6.07, 6.45) is -0.661. The molecule has 1 amide bonds. The number of benzene rings is 1. The topological polar surface area (TPSA) is 75.6 Å². The van der Waals surface area contributed by atoms with Gasteiger partial charge >= 0.3 is 12.1 Å². The number of hydrogen-bond donors (Lipinski definition) is 2. The zero-order valence-electron chi connectivity index (χ0n) is 14.6. The fourth-order valence-corrected chi connectivity index (χ4v) is 2.89. The molecule has 0 unspecified atom stereocenters. The minimum Gasteiger partial charge on any atom is -0.480 e. The molecule has 0 aromatic heterocycles. The Morgan fingerprint density at radius 2 is 1.92 bits per heavy atom. The van der Waals surface area contributed by atoms with Crippen LogP contribution in [0.5, 0.6) is 0 Å². The maximum atomic E-state index is 11.9. The van der Waals surface area contributed by atoms with Gasteiger partial charge < -0.3 is 9.84 Å². The van der Waals surface area contributed by atoms with Crippen LogP contribution in [0.15, 0.2) is 24.3 Å². The number of hydrogen-bond acceptors (Lipinski definition) is 4. The number of aliphatic carboxylic acids is 1. The highest BCUT2D eigenvalue weighted by atomic mass is 35.5. The van der Waals surface area contributed by atoms with Crippen molar-refractivity contribution in [1.29, 1.82) is 0 Å². The number of amides is 1. The zero-order chi connectivity index (χ0) is 18.5. The molecule has 134 valence electrons. The molecule has 0 saturated heterocycles. The van der Waals surface area contributed by atoms with Crippen molar-refractivity contribution >= 4 is 35.6 Å². The number of halogens is 1. The number of carboxylic acid groups (broad SMARTS) is 1. The van der Waals surface area contributed by atoms with Gasteiger partial charge in [0, 0.05) is 10.4 Å². The smallest absolute Gasteiger partial charge is 0.417 e. The lowest BCUT2D eigenvalue weighted by atomic mass is 9.86. The summed E-state index contributed by atoms with van der Waals surface area (Å²) in [4.78, 5) is 23.1. The Morgan fingerprint density at radius 3 is 2.42 bits per heavy atom. The van der Waals surface area contributed by atoms with Crippen molar-refractivity contribution in [2.45, 2.75) is 45.3 Å². The SMILES string of the molecule is CC(C)(COC(=O)NS[C@H](C(=O)O)C(C)(C)C)c1cccc(Cl)c1. The van der Waals surface area contributed by atoms with Gasteiger partial charge in [-0.05, 0) is 35.1 Å². The maximum absolute atomic E-state index is 11.9. The van der Waals surface area contributed by atoms with Gasteiger partial charge in [-0.15, -0.1) is 0 Å². The molecule has 5 nitrogen and oxygen atoms in total. The zero-order valence-corrected chi connectivity index (χ0v) is 16.1. The van der Waals surface area contributed by atoms with Crippen LogP contribution >= 0.6 is 23.5 Å². The summed E-state index contributed by atoms with van der Waals surface area (Å²) in [5.74, 6) is -0.980. The van der Waals surface area contributed by atoms with Gasteiger partial charge in [0.2, 0.25) is 0 Å². The lowest BCUT2D eigenvalue weighted by molar-refractivity contribution is -0.138. The molecule has 0 aliphatic heterocycles. The number of ether oxygens (including phenoxy) is 1. The summed E-state index contributed by atoms with van der Waals surface area (Å²) in [5, 5.41) is 9.08. The second kappa shape index (κ2) is 8.12. The molecule has 0 saturated carbocycles. The summed E-state index contributed by atoms with van der Waals surface area (Å²) in [5.41, 5.74) is 0.0426. The first-order valence-corrected chi connectivity index (χ1v) is 8.76. The van der Waals surface area contributed by atoms with E-state index in [4.69, 9.17) is 16.3 Å². The average molecular weight is 374 g/mol. The van der Waals surface area contributed by atoms with E-state index in [2.05, 4.69) is 4.72 Å². The molecule has 1 aromatic carbocycles. The third-order valence-electron chi connectivity index (χ3n) is 3.44. The van der Waals surface area contributed by atoms with E-state index >= 15 is 0 Å². The lowest BCUT2D eigenvalue weighted by Gasteiger charge is -2.27. The molecule has 24 heavy (non-hydrogen) atoms. The number of carbonyl (C=O) groups is 2. The van der Waals surface area contributed by atoms with Gasteiger partial charge in [0.15, 0.2) is 0 Å². The standard InChI is InChI=1S/C17H24ClNO4S/c1-16(2,3)13(14(20)21)24-19-15(22)23-10-17(4,5)11-7-6-8-12(18)9-11/h6-9,13H,10H2,1-5H3,(H,19,22)(H,20,21)/t13-/m1/s1. The minimum atomic E-state index is -0.980. The van der Waals surface area contributed by atoms with Crippen molar-refractivity contribution in [2.24, 2.45) is 5.41 Å². The van der Waals surface area contributed by atoms with E-state index in [9.17, 15) is 14.7 Å². The van der Waals surface area contributed by atoms with Crippen LogP contribution in [0.2, 0.25) is 5.02 Å². The lowest BCUT2D eigenvalue weighted by Crippen LogP contribution is -2.36. The monoisotopic (exact) mass is 373 g/mol. The molecule has 0 fully saturated rings. The van der Waals surface area contributed by atoms with Crippen LogP contribution in [0.25, 0.3) is 0 Å². The molecular formula is C17H24ClNO4S. The first-order chi connectivity index (χ1) is 10.9. The van der Waals surface area contributed by atoms with Crippen LogP contribution in [0.1, 0.15) is 40.2 Å². The first-order valence-electron chi connectivity index (χ1n) is 7.51. The Hall–Kier alpha value is -1.40. The molecule has 0 bridgehead atoms. The Labute approximate surface area is 152 Å². The molecule has 1 atom stereocenters. The van der Waals surface area contributed by atoms with Crippen LogP contribution < -0.4 is 4.72 Å². The molecule has 7 heteroatoms. The maximum Gasteiger partial charge on any atom is 0.417 e. The second-order valence-corrected chi connectivity index (χ2v) is 8.62. The van der Waals surface area contributed by atoms with Gasteiger partial charge in [0.05, 0.1) is 0 Å². The summed E-state index contributed by atoms with van der Waals surface area (Å²) >= 11 is 6.84. The first kappa shape index (κ1) is 20.6. The Kier molecular flexibility index (Phi) is 6.98. The highest BCUT2D eigenvalue weighted by molar-refractivity contribution is 7.99. The molecule has 0 aliphatic carbocycles. The Morgan fingerprint density at radius 1 is 1.29 bits per heavy atom. The van der Waals surface area contributed by atoms with Crippen molar-refractivity contribution < 1.29 is 19.4 Å². The molecule has 0 spiro atoms. The van der Waals surface area contributed by atoms with Gasteiger partial charge in [0.25, 0.3) is 0 Å². The van der Waals surface area contributed by atoms with E-state index < -0.39 is 28.1 Å². The fourth-order valence-electron chi connectivity index (χ4n) is 1.97. The van der Waals surface area contributed by atoms with E-state index in [1.54, 1.807) is 26.8 Å². The van der Waals surface area contributed by atoms with Gasteiger partial charge in [0.1, 0.15) is 11.9 Å². The number of carboxylic acids is 1. The summed E-state index contributed by atoms with van der Waals surface area (Å²) in [6, 6.07) is 7.37. The largest absolute Gasteiger partial charge is 0.480 e. The number of nitrogens with one attached hydrogen (secondary N) is 1. The van der Waals surface area contributed by atoms with Crippen molar-refractivity contribution in [2.75, 3.05) is 6.61 Å². The molecule has 0 heterocycles. The molecular weight excluding hydrogens is 350 g/mol. The average Bonchev–Trinajstić information content (AvgIpc) is 2.43. The number of rotatable bonds is 6. The second-order valence-electron chi connectivity index (χ2n) is 7.27. The molecule has 2 N–H and O–H groups in total. The van der Waals surface area contributed by atoms with E-state index in [-0.39, 0.29) is 6.61 Å². The van der Waals surface area contributed by atoms with E-state index in [1.165, 1.54) is 0 Å². The highest BCUT2D eigenvalue weighted by Crippen LogP contribution is 2.29. The Balaban J connectivity index is 2.58. The van der Waals surface area contributed by atoms with Gasteiger partial charge in [-0.1, -0.05) is 58.4 Å². The van der Waals surface area contributed by atoms with Crippen LogP contribution in [0.4, 0.5) is 4.79 Å². The Bertz CT molecular complexity index is 598. The van der Waals surface area contributed by atoms with Crippen molar-refractivity contribution in [3.63, 3.8) is 0 Å². The summed E-state index contributed by atoms with van der Waals surface area (Å²) in [6.45, 7) is 9.42. The van der Waals surface area contributed by atoms with Crippen LogP contribution in [-0.2, 0) is 14.9 Å². The third kappa shape index (κ3) is 6.24. The fraction of sp³-hybridized carbons (Fsp3) is 0.529. The number of carbonyl (C=O) groups excluding carboxylic acids is 1. The van der Waals surface area contributed by atoms with Crippen molar-refractivity contribution in [1.82, 2.24) is 4.72 Å². The minimum absolute atomic E-state index is 0.146. The quantitative estimate of drug-likeness (QED) is 0.718. The van der Waals surface area contributed by atoms with Crippen LogP contribution in [-0.4, -0.2) is 29.0 Å². The van der Waals surface area contributed by atoms with Crippen LogP contribution in [0.3, 0.4) is 0 Å². The molecule has 0 aliphatic rings.